The molecule has 1 atom stereocenters. The third-order valence-corrected chi connectivity index (χ3v) is 10.7. The van der Waals surface area contributed by atoms with Crippen molar-refractivity contribution in [1.82, 2.24) is 20.8 Å². The van der Waals surface area contributed by atoms with E-state index >= 15 is 0 Å². The third-order valence-electron chi connectivity index (χ3n) is 10.7. The molecule has 4 aliphatic rings. The van der Waals surface area contributed by atoms with Gasteiger partial charge in [-0.25, -0.2) is 4.79 Å². The van der Waals surface area contributed by atoms with Crippen LogP contribution in [0.3, 0.4) is 0 Å². The zero-order chi connectivity index (χ0) is 27.1. The minimum absolute atomic E-state index is 0.0493. The molecule has 0 aromatic carbocycles. The number of hydroxylamine groups is 4. The lowest BCUT2D eigenvalue weighted by molar-refractivity contribution is -0.281. The second-order valence-electron chi connectivity index (χ2n) is 13.6. The predicted octanol–water partition coefficient (Wildman–Crippen LogP) is 7.30. The van der Waals surface area contributed by atoms with Gasteiger partial charge in [-0.2, -0.15) is 10.1 Å². The van der Waals surface area contributed by atoms with Gasteiger partial charge in [0.2, 0.25) is 0 Å². The molecule has 4 fully saturated rings. The molecule has 2 saturated carbocycles. The van der Waals surface area contributed by atoms with Crippen molar-refractivity contribution < 1.29 is 15.2 Å². The van der Waals surface area contributed by atoms with E-state index in [1.807, 2.05) is 5.06 Å². The molecule has 1 unspecified atom stereocenters. The third kappa shape index (κ3) is 6.87. The van der Waals surface area contributed by atoms with Crippen molar-refractivity contribution in [2.24, 2.45) is 0 Å². The number of nitrogens with one attached hydrogen (secondary N) is 2. The molecule has 0 radical (unpaired) electrons. The molecule has 0 bridgehead atoms. The molecule has 220 valence electrons. The van der Waals surface area contributed by atoms with Crippen LogP contribution >= 0.6 is 0 Å². The van der Waals surface area contributed by atoms with Crippen molar-refractivity contribution in [1.29, 1.82) is 0 Å². The summed E-state index contributed by atoms with van der Waals surface area (Å²) in [4.78, 5) is 13.6. The summed E-state index contributed by atoms with van der Waals surface area (Å²) in [6, 6.07) is 0.109. The highest BCUT2D eigenvalue weighted by Gasteiger charge is 2.54. The fourth-order valence-electron chi connectivity index (χ4n) is 8.98. The van der Waals surface area contributed by atoms with Gasteiger partial charge in [-0.1, -0.05) is 84.5 Å². The van der Waals surface area contributed by atoms with E-state index in [0.717, 1.165) is 109 Å². The number of urea groups is 1. The summed E-state index contributed by atoms with van der Waals surface area (Å²) in [5.41, 5.74) is -0.632. The molecular formula is C31H58N4O3. The first-order valence-corrected chi connectivity index (χ1v) is 16.4. The Kier molecular flexibility index (Phi) is 10.8. The lowest BCUT2D eigenvalue weighted by Crippen LogP contribution is -2.68. The lowest BCUT2D eigenvalue weighted by Gasteiger charge is -2.59. The highest BCUT2D eigenvalue weighted by atomic mass is 16.5. The number of carbonyl (C=O) groups excluding carboxylic acids is 1. The Labute approximate surface area is 232 Å². The molecule has 0 aromatic heterocycles. The maximum Gasteiger partial charge on any atom is 0.315 e. The number of nitrogens with zero attached hydrogens (tertiary/aromatic N) is 2. The summed E-state index contributed by atoms with van der Waals surface area (Å²) in [5.74, 6) is 0. The van der Waals surface area contributed by atoms with Crippen molar-refractivity contribution in [2.45, 2.75) is 184 Å². The Hall–Kier alpha value is -0.890. The van der Waals surface area contributed by atoms with Crippen molar-refractivity contribution in [3.63, 3.8) is 0 Å². The smallest absolute Gasteiger partial charge is 0.315 e. The molecule has 2 aliphatic heterocycles. The van der Waals surface area contributed by atoms with Gasteiger partial charge in [-0.15, -0.1) is 0 Å². The lowest BCUT2D eigenvalue weighted by atomic mass is 9.65. The van der Waals surface area contributed by atoms with E-state index < -0.39 is 0 Å². The van der Waals surface area contributed by atoms with Crippen LogP contribution in [0.1, 0.15) is 155 Å². The quantitative estimate of drug-likeness (QED) is 0.287. The van der Waals surface area contributed by atoms with Gasteiger partial charge in [0.05, 0.1) is 0 Å². The normalized spacial score (nSPS) is 30.6. The molecule has 2 heterocycles. The van der Waals surface area contributed by atoms with Gasteiger partial charge in [0, 0.05) is 35.2 Å². The number of amides is 2. The Morgan fingerprint density at radius 1 is 0.711 bits per heavy atom. The van der Waals surface area contributed by atoms with Crippen LogP contribution in [0.4, 0.5) is 4.79 Å². The van der Waals surface area contributed by atoms with Crippen LogP contribution in [0.15, 0.2) is 0 Å². The molecule has 2 spiro atoms. The Balaban J connectivity index is 1.47. The summed E-state index contributed by atoms with van der Waals surface area (Å²) >= 11 is 0. The van der Waals surface area contributed by atoms with Crippen molar-refractivity contribution in [2.75, 3.05) is 6.54 Å². The number of hydrogen-bond donors (Lipinski definition) is 4. The standard InChI is InChI=1S/C31H58N4O3/c1-3-16-29(17-4-2)23-26(15-9-5-6-14-22-34(29)37)32-28(36)33-27-24-30(18-10-7-11-19-30)35(38)31(25-27)20-12-8-13-21-31/h26-27,37-38H,3-25H2,1-2H3,(H2,32,33,36). The highest BCUT2D eigenvalue weighted by Crippen LogP contribution is 2.50. The van der Waals surface area contributed by atoms with E-state index in [1.165, 1.54) is 38.5 Å². The molecular weight excluding hydrogens is 476 g/mol. The van der Waals surface area contributed by atoms with Crippen LogP contribution in [0.2, 0.25) is 0 Å². The average molecular weight is 535 g/mol. The molecule has 2 aliphatic carbocycles. The zero-order valence-corrected chi connectivity index (χ0v) is 24.6. The SMILES string of the molecule is CCCC1(CCC)CC(NC(=O)NC2CC3(CCCCC3)N(O)C3(CCCCC3)C2)CCCCCCN1O. The first-order chi connectivity index (χ1) is 18.4. The molecule has 38 heavy (non-hydrogen) atoms. The number of piperidine rings is 1. The second kappa shape index (κ2) is 13.6. The van der Waals surface area contributed by atoms with Gasteiger partial charge in [-0.05, 0) is 70.6 Å². The second-order valence-corrected chi connectivity index (χ2v) is 13.6. The summed E-state index contributed by atoms with van der Waals surface area (Å²) in [5, 5.41) is 33.2. The van der Waals surface area contributed by atoms with Crippen LogP contribution in [-0.4, -0.2) is 61.8 Å². The van der Waals surface area contributed by atoms with Crippen molar-refractivity contribution in [3.05, 3.63) is 0 Å². The largest absolute Gasteiger partial charge is 0.335 e. The molecule has 7 nitrogen and oxygen atoms in total. The summed E-state index contributed by atoms with van der Waals surface area (Å²) < 4.78 is 0. The molecule has 7 heteroatoms. The number of hydrogen-bond acceptors (Lipinski definition) is 5. The maximum atomic E-state index is 13.6. The van der Waals surface area contributed by atoms with Gasteiger partial charge < -0.3 is 21.0 Å². The zero-order valence-electron chi connectivity index (χ0n) is 24.6. The van der Waals surface area contributed by atoms with Crippen molar-refractivity contribution >= 4 is 6.03 Å². The topological polar surface area (TPSA) is 88.1 Å². The molecule has 4 N–H and O–H groups in total. The minimum Gasteiger partial charge on any atom is -0.335 e. The predicted molar refractivity (Wildman–Crippen MR) is 152 cm³/mol. The van der Waals surface area contributed by atoms with Crippen molar-refractivity contribution in [3.8, 4) is 0 Å². The number of rotatable bonds is 6. The summed E-state index contributed by atoms with van der Waals surface area (Å²) in [7, 11) is 0. The van der Waals surface area contributed by atoms with Crippen LogP contribution in [0, 0.1) is 0 Å². The van der Waals surface area contributed by atoms with Gasteiger partial charge in [-0.3, -0.25) is 0 Å². The van der Waals surface area contributed by atoms with E-state index in [2.05, 4.69) is 24.5 Å². The Bertz CT molecular complexity index is 701. The molecule has 0 aromatic rings. The summed E-state index contributed by atoms with van der Waals surface area (Å²) in [6.07, 6.45) is 23.2. The van der Waals surface area contributed by atoms with Crippen LogP contribution < -0.4 is 10.6 Å². The van der Waals surface area contributed by atoms with E-state index in [4.69, 9.17) is 0 Å². The first-order valence-electron chi connectivity index (χ1n) is 16.4. The van der Waals surface area contributed by atoms with E-state index in [-0.39, 0.29) is 34.7 Å². The Morgan fingerprint density at radius 2 is 1.21 bits per heavy atom. The maximum absolute atomic E-state index is 13.6. The van der Waals surface area contributed by atoms with Gasteiger partial charge in [0.15, 0.2) is 0 Å². The molecule has 4 rings (SSSR count). The van der Waals surface area contributed by atoms with Gasteiger partial charge >= 0.3 is 6.03 Å². The minimum atomic E-state index is -0.265. The molecule has 2 amide bonds. The summed E-state index contributed by atoms with van der Waals surface area (Å²) in [6.45, 7) is 5.13. The highest BCUT2D eigenvalue weighted by molar-refractivity contribution is 5.74. The number of carbonyl (C=O) groups is 1. The fraction of sp³-hybridized carbons (Fsp3) is 0.968. The van der Waals surface area contributed by atoms with E-state index in [9.17, 15) is 15.2 Å². The van der Waals surface area contributed by atoms with E-state index in [0.29, 0.717) is 0 Å². The fourth-order valence-corrected chi connectivity index (χ4v) is 8.98. The van der Waals surface area contributed by atoms with Gasteiger partial charge in [0.25, 0.3) is 0 Å². The van der Waals surface area contributed by atoms with Crippen LogP contribution in [0.5, 0.6) is 0 Å². The average Bonchev–Trinajstić information content (AvgIpc) is 2.90. The monoisotopic (exact) mass is 534 g/mol. The first kappa shape index (κ1) is 30.1. The Morgan fingerprint density at radius 3 is 1.76 bits per heavy atom. The molecule has 2 saturated heterocycles. The van der Waals surface area contributed by atoms with Crippen LogP contribution in [-0.2, 0) is 0 Å². The van der Waals surface area contributed by atoms with Gasteiger partial charge in [0.1, 0.15) is 0 Å². The van der Waals surface area contributed by atoms with E-state index in [1.54, 1.807) is 5.06 Å². The van der Waals surface area contributed by atoms with Crippen LogP contribution in [0.25, 0.3) is 0 Å².